The fourth-order valence-corrected chi connectivity index (χ4v) is 2.88. The number of imidazole rings is 1. The molecule has 5 nitrogen and oxygen atoms in total. The SMILES string of the molecule is CCN(CCc1nc2ccc(C)cc2[nH]1)C(=O)c1ccccc1C#N. The summed E-state index contributed by atoms with van der Waals surface area (Å²) in [6.07, 6.45) is 0.641. The lowest BCUT2D eigenvalue weighted by Crippen LogP contribution is -2.33. The number of hydrogen-bond donors (Lipinski definition) is 1. The molecule has 0 atom stereocenters. The van der Waals surface area contributed by atoms with Gasteiger partial charge in [-0.25, -0.2) is 4.98 Å². The number of H-pyrrole nitrogens is 1. The van der Waals surface area contributed by atoms with Crippen LogP contribution in [-0.4, -0.2) is 33.9 Å². The molecule has 3 aromatic rings. The smallest absolute Gasteiger partial charge is 0.255 e. The van der Waals surface area contributed by atoms with Crippen molar-refractivity contribution in [3.8, 4) is 6.07 Å². The molecule has 0 saturated carbocycles. The third kappa shape index (κ3) is 3.53. The monoisotopic (exact) mass is 332 g/mol. The maximum absolute atomic E-state index is 12.7. The van der Waals surface area contributed by atoms with Crippen LogP contribution >= 0.6 is 0 Å². The van der Waals surface area contributed by atoms with Gasteiger partial charge >= 0.3 is 0 Å². The lowest BCUT2D eigenvalue weighted by molar-refractivity contribution is 0.0765. The number of hydrogen-bond acceptors (Lipinski definition) is 3. The molecule has 0 unspecified atom stereocenters. The number of rotatable bonds is 5. The van der Waals surface area contributed by atoms with Crippen LogP contribution in [-0.2, 0) is 6.42 Å². The fourth-order valence-electron chi connectivity index (χ4n) is 2.88. The number of nitrogens with zero attached hydrogens (tertiary/aromatic N) is 3. The third-order valence-electron chi connectivity index (χ3n) is 4.25. The molecule has 0 bridgehead atoms. The molecular weight excluding hydrogens is 312 g/mol. The minimum Gasteiger partial charge on any atom is -0.342 e. The van der Waals surface area contributed by atoms with E-state index in [9.17, 15) is 10.1 Å². The van der Waals surface area contributed by atoms with Crippen molar-refractivity contribution in [2.75, 3.05) is 13.1 Å². The van der Waals surface area contributed by atoms with Gasteiger partial charge in [-0.3, -0.25) is 4.79 Å². The predicted molar refractivity (Wildman–Crippen MR) is 97.3 cm³/mol. The molecule has 0 aliphatic heterocycles. The highest BCUT2D eigenvalue weighted by Crippen LogP contribution is 2.15. The first kappa shape index (κ1) is 16.7. The highest BCUT2D eigenvalue weighted by Gasteiger charge is 2.17. The standard InChI is InChI=1S/C20H20N4O/c1-3-24(20(25)16-7-5-4-6-15(16)13-21)11-10-19-22-17-9-8-14(2)12-18(17)23-19/h4-9,12H,3,10-11H2,1-2H3,(H,22,23). The van der Waals surface area contributed by atoms with E-state index in [-0.39, 0.29) is 5.91 Å². The van der Waals surface area contributed by atoms with Gasteiger partial charge in [0, 0.05) is 19.5 Å². The Bertz CT molecular complexity index is 952. The van der Waals surface area contributed by atoms with Crippen LogP contribution in [0.25, 0.3) is 11.0 Å². The lowest BCUT2D eigenvalue weighted by atomic mass is 10.1. The summed E-state index contributed by atoms with van der Waals surface area (Å²) in [6.45, 7) is 5.12. The van der Waals surface area contributed by atoms with E-state index in [1.165, 1.54) is 5.56 Å². The van der Waals surface area contributed by atoms with E-state index in [0.717, 1.165) is 16.9 Å². The van der Waals surface area contributed by atoms with Gasteiger partial charge in [0.05, 0.1) is 28.2 Å². The Hall–Kier alpha value is -3.13. The highest BCUT2D eigenvalue weighted by atomic mass is 16.2. The molecule has 0 aliphatic rings. The number of aromatic amines is 1. The summed E-state index contributed by atoms with van der Waals surface area (Å²) in [6, 6.07) is 15.1. The zero-order valence-corrected chi connectivity index (χ0v) is 14.4. The summed E-state index contributed by atoms with van der Waals surface area (Å²) in [4.78, 5) is 22.4. The van der Waals surface area contributed by atoms with Crippen LogP contribution in [0.15, 0.2) is 42.5 Å². The van der Waals surface area contributed by atoms with E-state index in [2.05, 4.69) is 22.1 Å². The number of nitriles is 1. The molecule has 3 rings (SSSR count). The Labute approximate surface area is 146 Å². The van der Waals surface area contributed by atoms with Crippen LogP contribution < -0.4 is 0 Å². The van der Waals surface area contributed by atoms with Crippen LogP contribution in [0.3, 0.4) is 0 Å². The Morgan fingerprint density at radius 1 is 1.28 bits per heavy atom. The molecule has 0 spiro atoms. The van der Waals surface area contributed by atoms with E-state index < -0.39 is 0 Å². The molecule has 0 radical (unpaired) electrons. The largest absolute Gasteiger partial charge is 0.342 e. The molecule has 0 fully saturated rings. The van der Waals surface area contributed by atoms with Crippen LogP contribution in [0.2, 0.25) is 0 Å². The number of benzene rings is 2. The van der Waals surface area contributed by atoms with Gasteiger partial charge in [0.1, 0.15) is 5.82 Å². The zero-order chi connectivity index (χ0) is 17.8. The number of aryl methyl sites for hydroxylation is 1. The molecule has 1 heterocycles. The highest BCUT2D eigenvalue weighted by molar-refractivity contribution is 5.96. The van der Waals surface area contributed by atoms with Crippen LogP contribution in [0.1, 0.15) is 34.2 Å². The van der Waals surface area contributed by atoms with Crippen molar-refractivity contribution in [2.24, 2.45) is 0 Å². The first-order valence-electron chi connectivity index (χ1n) is 8.36. The van der Waals surface area contributed by atoms with Crippen molar-refractivity contribution in [3.63, 3.8) is 0 Å². The Morgan fingerprint density at radius 2 is 2.08 bits per heavy atom. The molecule has 5 heteroatoms. The normalized spacial score (nSPS) is 10.6. The topological polar surface area (TPSA) is 72.8 Å². The van der Waals surface area contributed by atoms with E-state index in [1.807, 2.05) is 26.0 Å². The number of nitrogens with one attached hydrogen (secondary N) is 1. The second kappa shape index (κ2) is 7.18. The Kier molecular flexibility index (Phi) is 4.80. The molecule has 1 aromatic heterocycles. The molecule has 1 N–H and O–H groups in total. The van der Waals surface area contributed by atoms with E-state index >= 15 is 0 Å². The first-order chi connectivity index (χ1) is 12.1. The minimum absolute atomic E-state index is 0.119. The molecule has 0 saturated heterocycles. The van der Waals surface area contributed by atoms with Gasteiger partial charge in [-0.2, -0.15) is 5.26 Å². The average Bonchev–Trinajstić information content (AvgIpc) is 3.03. The van der Waals surface area contributed by atoms with Gasteiger partial charge in [-0.05, 0) is 43.7 Å². The maximum atomic E-state index is 12.7. The van der Waals surface area contributed by atoms with Crippen molar-refractivity contribution in [3.05, 3.63) is 65.0 Å². The van der Waals surface area contributed by atoms with Crippen LogP contribution in [0, 0.1) is 18.3 Å². The van der Waals surface area contributed by atoms with E-state index in [4.69, 9.17) is 0 Å². The van der Waals surface area contributed by atoms with Crippen molar-refractivity contribution in [1.29, 1.82) is 5.26 Å². The summed E-state index contributed by atoms with van der Waals surface area (Å²) >= 11 is 0. The number of amides is 1. The van der Waals surface area contributed by atoms with Crippen molar-refractivity contribution < 1.29 is 4.79 Å². The molecule has 1 amide bonds. The van der Waals surface area contributed by atoms with Gasteiger partial charge in [0.15, 0.2) is 0 Å². The van der Waals surface area contributed by atoms with Gasteiger partial charge in [0.2, 0.25) is 0 Å². The van der Waals surface area contributed by atoms with Crippen molar-refractivity contribution in [2.45, 2.75) is 20.3 Å². The van der Waals surface area contributed by atoms with E-state index in [1.54, 1.807) is 29.2 Å². The summed E-state index contributed by atoms with van der Waals surface area (Å²) in [7, 11) is 0. The zero-order valence-electron chi connectivity index (χ0n) is 14.4. The molecule has 2 aromatic carbocycles. The maximum Gasteiger partial charge on any atom is 0.255 e. The first-order valence-corrected chi connectivity index (χ1v) is 8.36. The molecular formula is C20H20N4O. The van der Waals surface area contributed by atoms with Gasteiger partial charge in [-0.15, -0.1) is 0 Å². The summed E-state index contributed by atoms with van der Waals surface area (Å²) in [5.74, 6) is 0.743. The fraction of sp³-hybridized carbons (Fsp3) is 0.250. The second-order valence-electron chi connectivity index (χ2n) is 6.00. The predicted octanol–water partition coefficient (Wildman–Crippen LogP) is 3.45. The summed E-state index contributed by atoms with van der Waals surface area (Å²) in [5.41, 5.74) is 3.99. The molecule has 0 aliphatic carbocycles. The van der Waals surface area contributed by atoms with Crippen molar-refractivity contribution in [1.82, 2.24) is 14.9 Å². The quantitative estimate of drug-likeness (QED) is 0.778. The minimum atomic E-state index is -0.119. The molecule has 126 valence electrons. The lowest BCUT2D eigenvalue weighted by Gasteiger charge is -2.21. The van der Waals surface area contributed by atoms with Gasteiger partial charge < -0.3 is 9.88 Å². The number of likely N-dealkylation sites (N-methyl/N-ethyl adjacent to an activating group) is 1. The number of aromatic nitrogens is 2. The number of carbonyl (C=O) groups excluding carboxylic acids is 1. The molecule has 25 heavy (non-hydrogen) atoms. The van der Waals surface area contributed by atoms with Gasteiger partial charge in [-0.1, -0.05) is 18.2 Å². The second-order valence-corrected chi connectivity index (χ2v) is 6.00. The third-order valence-corrected chi connectivity index (χ3v) is 4.25. The Morgan fingerprint density at radius 3 is 2.84 bits per heavy atom. The summed E-state index contributed by atoms with van der Waals surface area (Å²) < 4.78 is 0. The van der Waals surface area contributed by atoms with Crippen LogP contribution in [0.5, 0.6) is 0 Å². The van der Waals surface area contributed by atoms with E-state index in [0.29, 0.717) is 30.6 Å². The van der Waals surface area contributed by atoms with Crippen molar-refractivity contribution >= 4 is 16.9 Å². The Balaban J connectivity index is 1.75. The van der Waals surface area contributed by atoms with Crippen LogP contribution in [0.4, 0.5) is 0 Å². The number of carbonyl (C=O) groups is 1. The van der Waals surface area contributed by atoms with Gasteiger partial charge in [0.25, 0.3) is 5.91 Å². The number of fused-ring (bicyclic) bond motifs is 1. The summed E-state index contributed by atoms with van der Waals surface area (Å²) in [5, 5.41) is 9.20. The average molecular weight is 332 g/mol.